The van der Waals surface area contributed by atoms with Crippen LogP contribution in [0.3, 0.4) is 0 Å². The molecule has 7 nitrogen and oxygen atoms in total. The van der Waals surface area contributed by atoms with Crippen LogP contribution in [0, 0.1) is 11.3 Å². The molecule has 3 aromatic carbocycles. The average Bonchev–Trinajstić information content (AvgIpc) is 2.83. The van der Waals surface area contributed by atoms with Crippen LogP contribution in [0.15, 0.2) is 78.2 Å². The first kappa shape index (κ1) is 21.8. The molecule has 4 rings (SSSR count). The molecule has 1 atom stereocenters. The molecule has 0 bridgehead atoms. The third kappa shape index (κ3) is 4.46. The summed E-state index contributed by atoms with van der Waals surface area (Å²) in [5, 5.41) is 9.71. The van der Waals surface area contributed by atoms with Crippen LogP contribution in [-0.2, 0) is 0 Å². The minimum absolute atomic E-state index is 0.0127. The molecule has 0 saturated heterocycles. The molecule has 0 fully saturated rings. The Morgan fingerprint density at radius 1 is 1.06 bits per heavy atom. The fourth-order valence-corrected chi connectivity index (χ4v) is 3.68. The first-order valence-electron chi connectivity index (χ1n) is 10.3. The van der Waals surface area contributed by atoms with Crippen molar-refractivity contribution in [3.05, 3.63) is 94.9 Å². The zero-order valence-electron chi connectivity index (χ0n) is 18.2. The lowest BCUT2D eigenvalue weighted by atomic mass is 9.83. The van der Waals surface area contributed by atoms with Gasteiger partial charge in [0, 0.05) is 11.6 Å². The van der Waals surface area contributed by atoms with E-state index in [1.165, 1.54) is 0 Å². The fourth-order valence-electron chi connectivity index (χ4n) is 3.68. The highest BCUT2D eigenvalue weighted by molar-refractivity contribution is 5.91. The second kappa shape index (κ2) is 9.37. The summed E-state index contributed by atoms with van der Waals surface area (Å²) in [6, 6.07) is 21.4. The number of carbonyl (C=O) groups is 1. The van der Waals surface area contributed by atoms with Gasteiger partial charge in [-0.15, -0.1) is 0 Å². The van der Waals surface area contributed by atoms with Gasteiger partial charge in [-0.25, -0.2) is 4.79 Å². The van der Waals surface area contributed by atoms with E-state index in [1.807, 2.05) is 31.2 Å². The van der Waals surface area contributed by atoms with E-state index in [9.17, 15) is 10.1 Å². The van der Waals surface area contributed by atoms with Gasteiger partial charge in [-0.1, -0.05) is 24.3 Å². The maximum absolute atomic E-state index is 12.6. The summed E-state index contributed by atoms with van der Waals surface area (Å²) >= 11 is 0. The zero-order chi connectivity index (χ0) is 23.4. The van der Waals surface area contributed by atoms with Crippen molar-refractivity contribution in [2.75, 3.05) is 13.7 Å². The van der Waals surface area contributed by atoms with Gasteiger partial charge in [0.1, 0.15) is 34.6 Å². The van der Waals surface area contributed by atoms with Crippen molar-refractivity contribution in [3.8, 4) is 29.1 Å². The standard InChI is InChI=1S/C26H22N2O5/c1-3-31-19-6-4-5-17(13-19)26(29)32-20-11-12-21-23(14-20)33-25(28)22(15-27)24(21)16-7-9-18(30-2)10-8-16/h4-14,24H,3,28H2,1-2H3. The van der Waals surface area contributed by atoms with Gasteiger partial charge in [-0.3, -0.25) is 0 Å². The normalized spacial score (nSPS) is 14.5. The summed E-state index contributed by atoms with van der Waals surface area (Å²) in [5.41, 5.74) is 8.34. The van der Waals surface area contributed by atoms with E-state index in [0.717, 1.165) is 11.1 Å². The number of esters is 1. The Morgan fingerprint density at radius 2 is 1.82 bits per heavy atom. The summed E-state index contributed by atoms with van der Waals surface area (Å²) < 4.78 is 21.9. The Labute approximate surface area is 191 Å². The van der Waals surface area contributed by atoms with Crippen LogP contribution in [0.5, 0.6) is 23.0 Å². The van der Waals surface area contributed by atoms with Gasteiger partial charge in [0.15, 0.2) is 0 Å². The molecular weight excluding hydrogens is 420 g/mol. The molecule has 0 aliphatic carbocycles. The van der Waals surface area contributed by atoms with Crippen LogP contribution in [0.4, 0.5) is 0 Å². The quantitative estimate of drug-likeness (QED) is 0.442. The molecule has 1 aliphatic heterocycles. The van der Waals surface area contributed by atoms with E-state index in [2.05, 4.69) is 6.07 Å². The number of hydrogen-bond acceptors (Lipinski definition) is 7. The molecule has 1 heterocycles. The van der Waals surface area contributed by atoms with E-state index in [4.69, 9.17) is 24.7 Å². The van der Waals surface area contributed by atoms with Crippen LogP contribution in [0.2, 0.25) is 0 Å². The highest BCUT2D eigenvalue weighted by Gasteiger charge is 2.31. The van der Waals surface area contributed by atoms with Crippen molar-refractivity contribution in [1.82, 2.24) is 0 Å². The second-order valence-electron chi connectivity index (χ2n) is 7.25. The van der Waals surface area contributed by atoms with E-state index < -0.39 is 11.9 Å². The number of carbonyl (C=O) groups excluding carboxylic acids is 1. The van der Waals surface area contributed by atoms with Gasteiger partial charge in [0.25, 0.3) is 0 Å². The predicted octanol–water partition coefficient (Wildman–Crippen LogP) is 4.53. The molecule has 0 aromatic heterocycles. The van der Waals surface area contributed by atoms with Gasteiger partial charge in [-0.05, 0) is 48.9 Å². The Kier molecular flexibility index (Phi) is 6.18. The molecule has 0 saturated carbocycles. The lowest BCUT2D eigenvalue weighted by Gasteiger charge is -2.26. The van der Waals surface area contributed by atoms with Crippen molar-refractivity contribution in [1.29, 1.82) is 5.26 Å². The average molecular weight is 442 g/mol. The van der Waals surface area contributed by atoms with Crippen LogP contribution in [-0.4, -0.2) is 19.7 Å². The molecule has 7 heteroatoms. The lowest BCUT2D eigenvalue weighted by Crippen LogP contribution is -2.21. The summed E-state index contributed by atoms with van der Waals surface area (Å²) in [6.07, 6.45) is 0. The van der Waals surface area contributed by atoms with Crippen LogP contribution >= 0.6 is 0 Å². The van der Waals surface area contributed by atoms with Gasteiger partial charge in [0.05, 0.1) is 25.2 Å². The lowest BCUT2D eigenvalue weighted by molar-refractivity contribution is 0.0734. The molecule has 1 unspecified atom stereocenters. The van der Waals surface area contributed by atoms with Crippen LogP contribution in [0.25, 0.3) is 0 Å². The van der Waals surface area contributed by atoms with Gasteiger partial charge >= 0.3 is 5.97 Å². The number of nitrogens with zero attached hydrogens (tertiary/aromatic N) is 1. The van der Waals surface area contributed by atoms with E-state index in [-0.39, 0.29) is 5.88 Å². The van der Waals surface area contributed by atoms with Crippen molar-refractivity contribution >= 4 is 5.97 Å². The largest absolute Gasteiger partial charge is 0.497 e. The maximum Gasteiger partial charge on any atom is 0.343 e. The first-order valence-corrected chi connectivity index (χ1v) is 10.3. The van der Waals surface area contributed by atoms with Crippen LogP contribution in [0.1, 0.15) is 34.3 Å². The van der Waals surface area contributed by atoms with Crippen molar-refractivity contribution in [2.45, 2.75) is 12.8 Å². The topological polar surface area (TPSA) is 104 Å². The number of rotatable bonds is 6. The molecule has 0 spiro atoms. The number of allylic oxidation sites excluding steroid dienone is 1. The number of benzene rings is 3. The van der Waals surface area contributed by atoms with Crippen LogP contribution < -0.4 is 24.7 Å². The third-order valence-corrected chi connectivity index (χ3v) is 5.23. The van der Waals surface area contributed by atoms with Gasteiger partial charge in [0.2, 0.25) is 5.88 Å². The summed E-state index contributed by atoms with van der Waals surface area (Å²) in [4.78, 5) is 12.6. The number of ether oxygens (including phenoxy) is 4. The third-order valence-electron chi connectivity index (χ3n) is 5.23. The van der Waals surface area contributed by atoms with Gasteiger partial charge < -0.3 is 24.7 Å². The minimum Gasteiger partial charge on any atom is -0.497 e. The Morgan fingerprint density at radius 3 is 2.52 bits per heavy atom. The smallest absolute Gasteiger partial charge is 0.343 e. The van der Waals surface area contributed by atoms with Crippen molar-refractivity contribution in [2.24, 2.45) is 5.73 Å². The molecule has 3 aromatic rings. The summed E-state index contributed by atoms with van der Waals surface area (Å²) in [7, 11) is 1.59. The highest BCUT2D eigenvalue weighted by atomic mass is 16.5. The molecule has 166 valence electrons. The van der Waals surface area contributed by atoms with E-state index in [0.29, 0.717) is 40.7 Å². The molecule has 1 aliphatic rings. The number of hydrogen-bond donors (Lipinski definition) is 1. The molecule has 0 radical (unpaired) electrons. The Hall–Kier alpha value is -4.44. The van der Waals surface area contributed by atoms with E-state index in [1.54, 1.807) is 49.6 Å². The Balaban J connectivity index is 1.64. The van der Waals surface area contributed by atoms with Crippen molar-refractivity contribution in [3.63, 3.8) is 0 Å². The molecule has 2 N–H and O–H groups in total. The minimum atomic E-state index is -0.528. The summed E-state index contributed by atoms with van der Waals surface area (Å²) in [5.74, 6) is 1.07. The molecule has 0 amide bonds. The van der Waals surface area contributed by atoms with Crippen molar-refractivity contribution < 1.29 is 23.7 Å². The van der Waals surface area contributed by atoms with E-state index >= 15 is 0 Å². The SMILES string of the molecule is CCOc1cccc(C(=O)Oc2ccc3c(c2)OC(N)=C(C#N)C3c2ccc(OC)cc2)c1. The first-order chi connectivity index (χ1) is 16.0. The number of nitriles is 1. The monoisotopic (exact) mass is 442 g/mol. The Bertz CT molecular complexity index is 1260. The van der Waals surface area contributed by atoms with Gasteiger partial charge in [-0.2, -0.15) is 5.26 Å². The number of methoxy groups -OCH3 is 1. The highest BCUT2D eigenvalue weighted by Crippen LogP contribution is 2.43. The number of nitrogens with two attached hydrogens (primary N) is 1. The molecular formula is C26H22N2O5. The maximum atomic E-state index is 12.6. The predicted molar refractivity (Wildman–Crippen MR) is 121 cm³/mol. The number of fused-ring (bicyclic) bond motifs is 1. The second-order valence-corrected chi connectivity index (χ2v) is 7.25. The summed E-state index contributed by atoms with van der Waals surface area (Å²) in [6.45, 7) is 2.37. The fraction of sp³-hybridized carbons (Fsp3) is 0.154. The zero-order valence-corrected chi connectivity index (χ0v) is 18.2. The molecule has 33 heavy (non-hydrogen) atoms.